The molecule has 4 nitrogen and oxygen atoms in total. The molecular weight excluding hydrogens is 635 g/mol. The molecule has 242 valence electrons. The van der Waals surface area contributed by atoms with E-state index in [1.54, 1.807) is 0 Å². The summed E-state index contributed by atoms with van der Waals surface area (Å²) in [5.74, 6) is 0.0362. The van der Waals surface area contributed by atoms with Gasteiger partial charge in [-0.15, -0.1) is 0 Å². The third-order valence-electron chi connectivity index (χ3n) is 9.16. The van der Waals surface area contributed by atoms with Gasteiger partial charge < -0.3 is 4.57 Å². The average molecular weight is 663 g/mol. The molecule has 0 N–H and O–H groups in total. The van der Waals surface area contributed by atoms with Crippen LogP contribution in [0.2, 0.25) is 0 Å². The monoisotopic (exact) mass is 662 g/mol. The number of rotatable bonds is 6. The van der Waals surface area contributed by atoms with Crippen molar-refractivity contribution in [2.24, 2.45) is 0 Å². The average Bonchev–Trinajstić information content (AvgIpc) is 3.52. The van der Waals surface area contributed by atoms with Crippen LogP contribution < -0.4 is 0 Å². The van der Waals surface area contributed by atoms with E-state index in [0.29, 0.717) is 34.2 Å². The van der Waals surface area contributed by atoms with Gasteiger partial charge in [0.1, 0.15) is 11.6 Å². The normalized spacial score (nSPS) is 11.3. The van der Waals surface area contributed by atoms with Crippen LogP contribution in [0.15, 0.2) is 170 Å². The molecule has 0 fully saturated rings. The molecule has 2 heterocycles. The van der Waals surface area contributed by atoms with Crippen LogP contribution in [0.3, 0.4) is 0 Å². The second-order valence-electron chi connectivity index (χ2n) is 12.4. The van der Waals surface area contributed by atoms with Crippen LogP contribution in [-0.4, -0.2) is 19.5 Å². The van der Waals surface area contributed by atoms with Crippen molar-refractivity contribution in [2.45, 2.75) is 0 Å². The molecule has 0 unspecified atom stereocenters. The summed E-state index contributed by atoms with van der Waals surface area (Å²) in [5, 5.41) is 2.23. The lowest BCUT2D eigenvalue weighted by Crippen LogP contribution is -2.02. The van der Waals surface area contributed by atoms with Gasteiger partial charge in [0.05, 0.1) is 11.0 Å². The van der Waals surface area contributed by atoms with Crippen molar-refractivity contribution in [2.75, 3.05) is 0 Å². The van der Waals surface area contributed by atoms with Gasteiger partial charge in [0.25, 0.3) is 0 Å². The molecule has 0 aliphatic heterocycles. The SMILES string of the molecule is Fc1cc(F)cc(-c2ccc(-n3c4ccccc4c4ccc(-c5ccccc5)cc43)cc2-c2nc(-c3ccccc3)nc(-c3ccccc3)n2)c1. The summed E-state index contributed by atoms with van der Waals surface area (Å²) in [5.41, 5.74) is 8.34. The third-order valence-corrected chi connectivity index (χ3v) is 9.16. The highest BCUT2D eigenvalue weighted by molar-refractivity contribution is 6.10. The fourth-order valence-corrected chi connectivity index (χ4v) is 6.81. The van der Waals surface area contributed by atoms with E-state index in [0.717, 1.165) is 55.8 Å². The van der Waals surface area contributed by atoms with Gasteiger partial charge in [0.2, 0.25) is 0 Å². The first-order valence-corrected chi connectivity index (χ1v) is 16.7. The number of hydrogen-bond acceptors (Lipinski definition) is 3. The largest absolute Gasteiger partial charge is 0.309 e. The predicted molar refractivity (Wildman–Crippen MR) is 201 cm³/mol. The lowest BCUT2D eigenvalue weighted by atomic mass is 9.97. The van der Waals surface area contributed by atoms with Gasteiger partial charge in [-0.25, -0.2) is 23.7 Å². The topological polar surface area (TPSA) is 43.6 Å². The molecule has 51 heavy (non-hydrogen) atoms. The number of halogens is 2. The van der Waals surface area contributed by atoms with Gasteiger partial charge in [0.15, 0.2) is 17.5 Å². The summed E-state index contributed by atoms with van der Waals surface area (Å²) < 4.78 is 31.8. The lowest BCUT2D eigenvalue weighted by Gasteiger charge is -2.16. The van der Waals surface area contributed by atoms with E-state index in [-0.39, 0.29) is 0 Å². The Morgan fingerprint density at radius 3 is 1.55 bits per heavy atom. The van der Waals surface area contributed by atoms with E-state index in [1.165, 1.54) is 12.1 Å². The fourth-order valence-electron chi connectivity index (χ4n) is 6.81. The van der Waals surface area contributed by atoms with Crippen LogP contribution in [0.5, 0.6) is 0 Å². The van der Waals surface area contributed by atoms with E-state index in [4.69, 9.17) is 15.0 Å². The van der Waals surface area contributed by atoms with E-state index in [1.807, 2.05) is 109 Å². The minimum Gasteiger partial charge on any atom is -0.309 e. The van der Waals surface area contributed by atoms with Gasteiger partial charge >= 0.3 is 0 Å². The molecule has 0 aliphatic carbocycles. The Hall–Kier alpha value is -6.79. The van der Waals surface area contributed by atoms with Gasteiger partial charge in [-0.05, 0) is 58.7 Å². The number of fused-ring (bicyclic) bond motifs is 3. The molecule has 0 radical (unpaired) electrons. The molecule has 0 aliphatic rings. The van der Waals surface area contributed by atoms with Crippen molar-refractivity contribution >= 4 is 21.8 Å². The third kappa shape index (κ3) is 5.63. The number of nitrogens with zero attached hydrogens (tertiary/aromatic N) is 4. The molecule has 6 heteroatoms. The number of hydrogen-bond donors (Lipinski definition) is 0. The van der Waals surface area contributed by atoms with Gasteiger partial charge in [-0.2, -0.15) is 0 Å². The first kappa shape index (κ1) is 30.3. The van der Waals surface area contributed by atoms with Crippen LogP contribution in [0.4, 0.5) is 8.78 Å². The van der Waals surface area contributed by atoms with Crippen molar-refractivity contribution in [3.63, 3.8) is 0 Å². The van der Waals surface area contributed by atoms with E-state index >= 15 is 0 Å². The first-order valence-electron chi connectivity index (χ1n) is 16.7. The summed E-state index contributed by atoms with van der Waals surface area (Å²) in [6.07, 6.45) is 0. The molecule has 0 bridgehead atoms. The summed E-state index contributed by atoms with van der Waals surface area (Å²) in [7, 11) is 0. The Balaban J connectivity index is 1.34. The van der Waals surface area contributed by atoms with Gasteiger partial charge in [0, 0.05) is 39.2 Å². The highest BCUT2D eigenvalue weighted by Crippen LogP contribution is 2.39. The Kier molecular flexibility index (Phi) is 7.47. The zero-order chi connectivity index (χ0) is 34.3. The Labute approximate surface area is 293 Å². The molecule has 0 amide bonds. The van der Waals surface area contributed by atoms with Crippen LogP contribution in [0, 0.1) is 11.6 Å². The van der Waals surface area contributed by atoms with Crippen LogP contribution in [0.25, 0.3) is 83.9 Å². The molecule has 0 spiro atoms. The van der Waals surface area contributed by atoms with Crippen LogP contribution in [-0.2, 0) is 0 Å². The molecule has 9 aromatic rings. The second kappa shape index (κ2) is 12.6. The molecule has 0 atom stereocenters. The highest BCUT2D eigenvalue weighted by Gasteiger charge is 2.20. The number of para-hydroxylation sites is 1. The zero-order valence-corrected chi connectivity index (χ0v) is 27.2. The summed E-state index contributed by atoms with van der Waals surface area (Å²) >= 11 is 0. The Morgan fingerprint density at radius 1 is 0.353 bits per heavy atom. The smallest absolute Gasteiger partial charge is 0.164 e. The maximum Gasteiger partial charge on any atom is 0.164 e. The van der Waals surface area contributed by atoms with Crippen molar-refractivity contribution in [3.8, 4) is 62.1 Å². The minimum atomic E-state index is -0.665. The summed E-state index contributed by atoms with van der Waals surface area (Å²) in [6.45, 7) is 0. The highest BCUT2D eigenvalue weighted by atomic mass is 19.1. The molecule has 0 saturated heterocycles. The van der Waals surface area contributed by atoms with Gasteiger partial charge in [-0.1, -0.05) is 127 Å². The maximum atomic E-state index is 14.8. The van der Waals surface area contributed by atoms with Crippen LogP contribution in [0.1, 0.15) is 0 Å². The Morgan fingerprint density at radius 2 is 0.902 bits per heavy atom. The standard InChI is InChI=1S/C45H28F2N4/c46-34-24-33(25-35(47)27-34)37-23-21-36(51-41-19-11-10-18-38(41)39-22-20-32(26-42(39)51)29-12-4-1-5-13-29)28-40(37)45-49-43(30-14-6-2-7-15-30)48-44(50-45)31-16-8-3-9-17-31/h1-28H. The lowest BCUT2D eigenvalue weighted by molar-refractivity contribution is 0.584. The Bertz CT molecular complexity index is 2630. The van der Waals surface area contributed by atoms with Crippen LogP contribution >= 0.6 is 0 Å². The molecule has 2 aromatic heterocycles. The van der Waals surface area contributed by atoms with E-state index < -0.39 is 11.6 Å². The predicted octanol–water partition coefficient (Wildman–Crippen LogP) is 11.6. The zero-order valence-electron chi connectivity index (χ0n) is 27.2. The summed E-state index contributed by atoms with van der Waals surface area (Å²) in [6, 6.07) is 54.1. The van der Waals surface area contributed by atoms with Crippen molar-refractivity contribution < 1.29 is 8.78 Å². The van der Waals surface area contributed by atoms with Crippen molar-refractivity contribution in [3.05, 3.63) is 181 Å². The first-order chi connectivity index (χ1) is 25.1. The molecule has 0 saturated carbocycles. The second-order valence-corrected chi connectivity index (χ2v) is 12.4. The maximum absolute atomic E-state index is 14.8. The molecular formula is C45H28F2N4. The molecule has 7 aromatic carbocycles. The fraction of sp³-hybridized carbons (Fsp3) is 0. The minimum absolute atomic E-state index is 0.380. The molecule has 9 rings (SSSR count). The summed E-state index contributed by atoms with van der Waals surface area (Å²) in [4.78, 5) is 14.9. The van der Waals surface area contributed by atoms with E-state index in [9.17, 15) is 8.78 Å². The number of benzene rings is 7. The number of aromatic nitrogens is 4. The quantitative estimate of drug-likeness (QED) is 0.178. The van der Waals surface area contributed by atoms with Crippen molar-refractivity contribution in [1.29, 1.82) is 0 Å². The van der Waals surface area contributed by atoms with Gasteiger partial charge in [-0.3, -0.25) is 0 Å². The van der Waals surface area contributed by atoms with Crippen molar-refractivity contribution in [1.82, 2.24) is 19.5 Å². The van der Waals surface area contributed by atoms with E-state index in [2.05, 4.69) is 47.0 Å².